The van der Waals surface area contributed by atoms with Crippen molar-refractivity contribution >= 4 is 22.9 Å². The summed E-state index contributed by atoms with van der Waals surface area (Å²) in [7, 11) is 0. The first-order valence-electron chi connectivity index (χ1n) is 6.49. The molecule has 1 N–H and O–H groups in total. The molecular weight excluding hydrogens is 248 g/mol. The third-order valence-corrected chi connectivity index (χ3v) is 4.10. The Bertz CT molecular complexity index is 516. The van der Waals surface area contributed by atoms with E-state index in [0.29, 0.717) is 11.3 Å². The quantitative estimate of drug-likeness (QED) is 0.867. The van der Waals surface area contributed by atoms with E-state index >= 15 is 0 Å². The first-order chi connectivity index (χ1) is 8.83. The zero-order valence-corrected chi connectivity index (χ0v) is 11.0. The van der Waals surface area contributed by atoms with Gasteiger partial charge in [-0.1, -0.05) is 0 Å². The minimum absolute atomic E-state index is 0.387. The Hall–Kier alpha value is -1.29. The van der Waals surface area contributed by atoms with Crippen molar-refractivity contribution in [3.63, 3.8) is 0 Å². The van der Waals surface area contributed by atoms with Crippen LogP contribution < -0.4 is 5.32 Å². The van der Waals surface area contributed by atoms with Gasteiger partial charge in [-0.25, -0.2) is 9.50 Å². The summed E-state index contributed by atoms with van der Waals surface area (Å²) in [4.78, 5) is 4.38. The van der Waals surface area contributed by atoms with E-state index in [1.807, 2.05) is 16.8 Å². The lowest BCUT2D eigenvalue weighted by molar-refractivity contribution is 0.377. The van der Waals surface area contributed by atoms with E-state index in [4.69, 9.17) is 11.6 Å². The minimum Gasteiger partial charge on any atom is -0.368 e. The molecule has 5 heteroatoms. The maximum Gasteiger partial charge on any atom is 0.152 e. The molecule has 1 saturated carbocycles. The van der Waals surface area contributed by atoms with Crippen LogP contribution in [0, 0.1) is 5.92 Å². The molecule has 3 rings (SSSR count). The van der Waals surface area contributed by atoms with Crippen LogP contribution in [0.15, 0.2) is 24.7 Å². The number of aromatic nitrogens is 3. The molecule has 0 radical (unpaired) electrons. The molecule has 0 bridgehead atoms. The van der Waals surface area contributed by atoms with Crippen LogP contribution in [-0.4, -0.2) is 26.5 Å². The summed E-state index contributed by atoms with van der Waals surface area (Å²) in [5, 5.41) is 8.03. The zero-order chi connectivity index (χ0) is 12.4. The number of alkyl halides is 1. The maximum absolute atomic E-state index is 6.12. The monoisotopic (exact) mass is 264 g/mol. The average Bonchev–Trinajstić information content (AvgIpc) is 2.87. The highest BCUT2D eigenvalue weighted by atomic mass is 35.5. The lowest BCUT2D eigenvalue weighted by Gasteiger charge is -2.25. The third kappa shape index (κ3) is 2.43. The highest BCUT2D eigenvalue weighted by molar-refractivity contribution is 6.20. The largest absolute Gasteiger partial charge is 0.368 e. The van der Waals surface area contributed by atoms with Crippen molar-refractivity contribution in [2.24, 2.45) is 5.92 Å². The number of hydrogen-bond donors (Lipinski definition) is 1. The molecule has 2 aromatic heterocycles. The van der Waals surface area contributed by atoms with Gasteiger partial charge in [-0.05, 0) is 37.7 Å². The SMILES string of the molecule is ClC1CCC(CNc2nccn3nccc23)CC1. The molecule has 0 spiro atoms. The number of fused-ring (bicyclic) bond motifs is 1. The smallest absolute Gasteiger partial charge is 0.152 e. The van der Waals surface area contributed by atoms with Crippen molar-refractivity contribution in [3.8, 4) is 0 Å². The van der Waals surface area contributed by atoms with Gasteiger partial charge in [-0.15, -0.1) is 11.6 Å². The molecule has 1 aliphatic carbocycles. The highest BCUT2D eigenvalue weighted by Crippen LogP contribution is 2.27. The van der Waals surface area contributed by atoms with Crippen molar-refractivity contribution in [2.45, 2.75) is 31.1 Å². The van der Waals surface area contributed by atoms with Gasteiger partial charge in [0.2, 0.25) is 0 Å². The molecule has 0 unspecified atom stereocenters. The van der Waals surface area contributed by atoms with Gasteiger partial charge in [0.25, 0.3) is 0 Å². The predicted octanol–water partition coefficient (Wildman–Crippen LogP) is 2.94. The third-order valence-electron chi connectivity index (χ3n) is 3.66. The molecular formula is C13H17ClN4. The van der Waals surface area contributed by atoms with Crippen LogP contribution in [-0.2, 0) is 0 Å². The number of hydrogen-bond acceptors (Lipinski definition) is 3. The van der Waals surface area contributed by atoms with Gasteiger partial charge in [0.05, 0.1) is 6.20 Å². The summed E-state index contributed by atoms with van der Waals surface area (Å²) in [6.45, 7) is 0.974. The number of halogens is 1. The second kappa shape index (κ2) is 5.14. The van der Waals surface area contributed by atoms with Gasteiger partial charge >= 0.3 is 0 Å². The highest BCUT2D eigenvalue weighted by Gasteiger charge is 2.19. The molecule has 1 aliphatic rings. The van der Waals surface area contributed by atoms with Crippen LogP contribution in [0.4, 0.5) is 5.82 Å². The predicted molar refractivity (Wildman–Crippen MR) is 73.1 cm³/mol. The molecule has 0 amide bonds. The van der Waals surface area contributed by atoms with Gasteiger partial charge in [0.1, 0.15) is 5.52 Å². The van der Waals surface area contributed by atoms with E-state index in [1.165, 1.54) is 12.8 Å². The second-order valence-electron chi connectivity index (χ2n) is 4.94. The molecule has 96 valence electrons. The summed E-state index contributed by atoms with van der Waals surface area (Å²) in [6.07, 6.45) is 10.1. The molecule has 4 nitrogen and oxygen atoms in total. The lowest BCUT2D eigenvalue weighted by Crippen LogP contribution is -2.21. The molecule has 0 aromatic carbocycles. The van der Waals surface area contributed by atoms with Gasteiger partial charge in [-0.2, -0.15) is 5.10 Å². The van der Waals surface area contributed by atoms with Crippen molar-refractivity contribution in [1.82, 2.24) is 14.6 Å². The summed E-state index contributed by atoms with van der Waals surface area (Å²) >= 11 is 6.12. The number of rotatable bonds is 3. The van der Waals surface area contributed by atoms with E-state index in [1.54, 1.807) is 12.4 Å². The van der Waals surface area contributed by atoms with Crippen LogP contribution in [0.5, 0.6) is 0 Å². The fourth-order valence-electron chi connectivity index (χ4n) is 2.56. The second-order valence-corrected chi connectivity index (χ2v) is 5.55. The van der Waals surface area contributed by atoms with Crippen LogP contribution >= 0.6 is 11.6 Å². The van der Waals surface area contributed by atoms with Crippen molar-refractivity contribution in [1.29, 1.82) is 0 Å². The Morgan fingerprint density at radius 1 is 1.28 bits per heavy atom. The van der Waals surface area contributed by atoms with E-state index < -0.39 is 0 Å². The summed E-state index contributed by atoms with van der Waals surface area (Å²) in [5.74, 6) is 1.63. The lowest BCUT2D eigenvalue weighted by atomic mass is 9.89. The summed E-state index contributed by atoms with van der Waals surface area (Å²) in [5.41, 5.74) is 1.03. The van der Waals surface area contributed by atoms with Crippen molar-refractivity contribution in [2.75, 3.05) is 11.9 Å². The van der Waals surface area contributed by atoms with Gasteiger partial charge in [0, 0.05) is 24.3 Å². The minimum atomic E-state index is 0.387. The standard InChI is InChI=1S/C13H17ClN4/c14-11-3-1-10(2-4-11)9-16-13-12-5-6-17-18(12)8-7-15-13/h5-8,10-11H,1-4,9H2,(H,15,16). The van der Waals surface area contributed by atoms with E-state index in [-0.39, 0.29) is 0 Å². The van der Waals surface area contributed by atoms with Crippen LogP contribution in [0.1, 0.15) is 25.7 Å². The van der Waals surface area contributed by atoms with Gasteiger partial charge in [0.15, 0.2) is 5.82 Å². The Labute approximate surface area is 111 Å². The van der Waals surface area contributed by atoms with E-state index in [9.17, 15) is 0 Å². The Morgan fingerprint density at radius 3 is 2.94 bits per heavy atom. The summed E-state index contributed by atoms with van der Waals surface area (Å²) in [6, 6.07) is 1.98. The number of anilines is 1. The molecule has 0 aliphatic heterocycles. The average molecular weight is 265 g/mol. The first kappa shape index (κ1) is 11.8. The zero-order valence-electron chi connectivity index (χ0n) is 10.2. The Balaban J connectivity index is 1.64. The molecule has 2 heterocycles. The van der Waals surface area contributed by atoms with Crippen molar-refractivity contribution < 1.29 is 0 Å². The fraction of sp³-hybridized carbons (Fsp3) is 0.538. The van der Waals surface area contributed by atoms with Crippen LogP contribution in [0.3, 0.4) is 0 Å². The molecule has 1 fully saturated rings. The van der Waals surface area contributed by atoms with Gasteiger partial charge in [-0.3, -0.25) is 0 Å². The van der Waals surface area contributed by atoms with Crippen molar-refractivity contribution in [3.05, 3.63) is 24.7 Å². The summed E-state index contributed by atoms with van der Waals surface area (Å²) < 4.78 is 1.84. The fourth-order valence-corrected chi connectivity index (χ4v) is 2.81. The number of nitrogens with one attached hydrogen (secondary N) is 1. The van der Waals surface area contributed by atoms with Crippen LogP contribution in [0.25, 0.3) is 5.52 Å². The Kier molecular flexibility index (Phi) is 3.37. The maximum atomic E-state index is 6.12. The molecule has 0 saturated heterocycles. The molecule has 0 atom stereocenters. The van der Waals surface area contributed by atoms with Crippen LogP contribution in [0.2, 0.25) is 0 Å². The topological polar surface area (TPSA) is 42.2 Å². The molecule has 18 heavy (non-hydrogen) atoms. The first-order valence-corrected chi connectivity index (χ1v) is 6.93. The van der Waals surface area contributed by atoms with Gasteiger partial charge < -0.3 is 5.32 Å². The molecule has 2 aromatic rings. The van der Waals surface area contributed by atoms with E-state index in [0.717, 1.165) is 30.7 Å². The van der Waals surface area contributed by atoms with E-state index in [2.05, 4.69) is 15.4 Å². The Morgan fingerprint density at radius 2 is 2.11 bits per heavy atom. The number of nitrogens with zero attached hydrogens (tertiary/aromatic N) is 3. The normalized spacial score (nSPS) is 24.3.